The van der Waals surface area contributed by atoms with Crippen LogP contribution in [0.4, 0.5) is 5.95 Å². The molecule has 0 atom stereocenters. The molecule has 30 heavy (non-hydrogen) atoms. The minimum atomic E-state index is -0.0816. The molecule has 2 heterocycles. The number of nitrogens with one attached hydrogen (secondary N) is 1. The Morgan fingerprint density at radius 3 is 2.57 bits per heavy atom. The van der Waals surface area contributed by atoms with Crippen molar-refractivity contribution in [3.8, 4) is 17.4 Å². The normalized spacial score (nSPS) is 14.2. The third-order valence-corrected chi connectivity index (χ3v) is 5.03. The summed E-state index contributed by atoms with van der Waals surface area (Å²) in [6, 6.07) is 18.6. The van der Waals surface area contributed by atoms with Crippen molar-refractivity contribution in [1.29, 1.82) is 0 Å². The van der Waals surface area contributed by atoms with Gasteiger partial charge in [-0.2, -0.15) is 4.98 Å². The number of benzene rings is 2. The minimum Gasteiger partial charge on any atom is -0.497 e. The van der Waals surface area contributed by atoms with Gasteiger partial charge in [0.1, 0.15) is 11.5 Å². The summed E-state index contributed by atoms with van der Waals surface area (Å²) in [5.41, 5.74) is 0.603. The summed E-state index contributed by atoms with van der Waals surface area (Å²) in [4.78, 5) is 23.6. The van der Waals surface area contributed by atoms with Gasteiger partial charge in [0.25, 0.3) is 5.91 Å². The molecule has 4 rings (SSSR count). The second-order valence-electron chi connectivity index (χ2n) is 7.08. The van der Waals surface area contributed by atoms with Crippen LogP contribution in [-0.2, 0) is 0 Å². The van der Waals surface area contributed by atoms with E-state index in [9.17, 15) is 4.79 Å². The maximum Gasteiger partial charge on any atom is 0.251 e. The molecule has 0 spiro atoms. The number of hydrogen-bond acceptors (Lipinski definition) is 6. The van der Waals surface area contributed by atoms with Crippen molar-refractivity contribution in [2.45, 2.75) is 18.9 Å². The monoisotopic (exact) mass is 404 g/mol. The van der Waals surface area contributed by atoms with Crippen molar-refractivity contribution in [3.05, 3.63) is 72.4 Å². The van der Waals surface area contributed by atoms with Crippen LogP contribution in [0.3, 0.4) is 0 Å². The first kappa shape index (κ1) is 19.7. The Morgan fingerprint density at radius 2 is 1.80 bits per heavy atom. The summed E-state index contributed by atoms with van der Waals surface area (Å²) in [6.07, 6.45) is 3.35. The van der Waals surface area contributed by atoms with Crippen LogP contribution in [0.2, 0.25) is 0 Å². The van der Waals surface area contributed by atoms with Crippen LogP contribution in [-0.4, -0.2) is 42.1 Å². The number of ether oxygens (including phenoxy) is 2. The molecule has 1 aliphatic rings. The van der Waals surface area contributed by atoms with Crippen molar-refractivity contribution in [2.75, 3.05) is 25.1 Å². The van der Waals surface area contributed by atoms with Crippen molar-refractivity contribution in [1.82, 2.24) is 15.3 Å². The third-order valence-electron chi connectivity index (χ3n) is 5.03. The smallest absolute Gasteiger partial charge is 0.251 e. The quantitative estimate of drug-likeness (QED) is 0.675. The van der Waals surface area contributed by atoms with Gasteiger partial charge in [0.2, 0.25) is 11.8 Å². The van der Waals surface area contributed by atoms with Crippen molar-refractivity contribution in [2.24, 2.45) is 0 Å². The fraction of sp³-hybridized carbons (Fsp3) is 0.261. The zero-order chi connectivity index (χ0) is 20.8. The summed E-state index contributed by atoms with van der Waals surface area (Å²) in [6.45, 7) is 1.52. The van der Waals surface area contributed by atoms with Crippen LogP contribution < -0.4 is 19.7 Å². The number of amides is 1. The second-order valence-corrected chi connectivity index (χ2v) is 7.08. The summed E-state index contributed by atoms with van der Waals surface area (Å²) in [5.74, 6) is 2.48. The zero-order valence-corrected chi connectivity index (χ0v) is 16.8. The molecular formula is C23H24N4O3. The van der Waals surface area contributed by atoms with Gasteiger partial charge in [0.05, 0.1) is 7.11 Å². The maximum absolute atomic E-state index is 12.5. The van der Waals surface area contributed by atoms with Crippen LogP contribution in [0.1, 0.15) is 23.2 Å². The molecule has 0 saturated carbocycles. The predicted octanol–water partition coefficient (Wildman–Crippen LogP) is 3.68. The molecule has 1 N–H and O–H groups in total. The van der Waals surface area contributed by atoms with Gasteiger partial charge in [-0.15, -0.1) is 0 Å². The maximum atomic E-state index is 12.5. The predicted molar refractivity (Wildman–Crippen MR) is 114 cm³/mol. The lowest BCUT2D eigenvalue weighted by Gasteiger charge is -2.32. The summed E-state index contributed by atoms with van der Waals surface area (Å²) < 4.78 is 11.0. The van der Waals surface area contributed by atoms with Gasteiger partial charge in [0, 0.05) is 37.0 Å². The van der Waals surface area contributed by atoms with Gasteiger partial charge in [-0.1, -0.05) is 24.3 Å². The van der Waals surface area contributed by atoms with E-state index < -0.39 is 0 Å². The van der Waals surface area contributed by atoms with Crippen LogP contribution in [0, 0.1) is 0 Å². The van der Waals surface area contributed by atoms with Gasteiger partial charge in [-0.3, -0.25) is 4.79 Å². The van der Waals surface area contributed by atoms with Crippen LogP contribution in [0.15, 0.2) is 66.9 Å². The average Bonchev–Trinajstić information content (AvgIpc) is 2.80. The molecule has 1 amide bonds. The lowest BCUT2D eigenvalue weighted by Crippen LogP contribution is -2.45. The molecule has 3 aromatic rings. The van der Waals surface area contributed by atoms with Crippen LogP contribution in [0.25, 0.3) is 0 Å². The SMILES string of the molecule is COc1cccc(C(=O)NC2CCN(c3nccc(Oc4ccccc4)n3)CC2)c1. The summed E-state index contributed by atoms with van der Waals surface area (Å²) in [7, 11) is 1.59. The number of piperidine rings is 1. The van der Waals surface area contributed by atoms with E-state index in [0.717, 1.165) is 31.7 Å². The highest BCUT2D eigenvalue weighted by Gasteiger charge is 2.23. The number of rotatable bonds is 6. The third kappa shape index (κ3) is 4.86. The Labute approximate surface area is 175 Å². The molecule has 1 fully saturated rings. The Bertz CT molecular complexity index is 989. The number of carbonyl (C=O) groups is 1. The average molecular weight is 404 g/mol. The highest BCUT2D eigenvalue weighted by atomic mass is 16.5. The van der Waals surface area contributed by atoms with Gasteiger partial charge in [0.15, 0.2) is 0 Å². The van der Waals surface area contributed by atoms with Crippen molar-refractivity contribution in [3.63, 3.8) is 0 Å². The van der Waals surface area contributed by atoms with Crippen molar-refractivity contribution < 1.29 is 14.3 Å². The van der Waals surface area contributed by atoms with E-state index in [4.69, 9.17) is 9.47 Å². The Hall–Kier alpha value is -3.61. The van der Waals surface area contributed by atoms with E-state index >= 15 is 0 Å². The molecule has 0 aliphatic carbocycles. The Morgan fingerprint density at radius 1 is 1.03 bits per heavy atom. The molecule has 154 valence electrons. The highest BCUT2D eigenvalue weighted by molar-refractivity contribution is 5.94. The van der Waals surface area contributed by atoms with Crippen LogP contribution in [0.5, 0.6) is 17.4 Å². The standard InChI is InChI=1S/C23H24N4O3/c1-29-20-9-5-6-17(16-20)22(28)25-18-11-14-27(15-12-18)23-24-13-10-21(26-23)30-19-7-3-2-4-8-19/h2-10,13,16,18H,11-12,14-15H2,1H3,(H,25,28). The van der Waals surface area contributed by atoms with Gasteiger partial charge < -0.3 is 19.7 Å². The first-order valence-electron chi connectivity index (χ1n) is 9.97. The fourth-order valence-electron chi connectivity index (χ4n) is 3.41. The molecule has 0 unspecified atom stereocenters. The number of methoxy groups -OCH3 is 1. The van der Waals surface area contributed by atoms with Gasteiger partial charge >= 0.3 is 0 Å². The number of nitrogens with zero attached hydrogens (tertiary/aromatic N) is 3. The molecule has 1 aromatic heterocycles. The largest absolute Gasteiger partial charge is 0.497 e. The van der Waals surface area contributed by atoms with Gasteiger partial charge in [-0.05, 0) is 43.2 Å². The first-order valence-corrected chi connectivity index (χ1v) is 9.97. The first-order chi connectivity index (χ1) is 14.7. The van der Waals surface area contributed by atoms with Crippen LogP contribution >= 0.6 is 0 Å². The minimum absolute atomic E-state index is 0.0816. The van der Waals surface area contributed by atoms with E-state index in [1.807, 2.05) is 42.5 Å². The second kappa shape index (κ2) is 9.26. The molecule has 7 nitrogen and oxygen atoms in total. The van der Waals surface area contributed by atoms with Crippen molar-refractivity contribution >= 4 is 11.9 Å². The molecule has 1 aliphatic heterocycles. The molecule has 0 bridgehead atoms. The summed E-state index contributed by atoms with van der Waals surface area (Å²) in [5, 5.41) is 3.12. The zero-order valence-electron chi connectivity index (χ0n) is 16.8. The lowest BCUT2D eigenvalue weighted by molar-refractivity contribution is 0.0930. The lowest BCUT2D eigenvalue weighted by atomic mass is 10.0. The number of aromatic nitrogens is 2. The van der Waals surface area contributed by atoms with E-state index in [2.05, 4.69) is 20.2 Å². The topological polar surface area (TPSA) is 76.6 Å². The molecule has 1 saturated heterocycles. The van der Waals surface area contributed by atoms with E-state index in [-0.39, 0.29) is 11.9 Å². The highest BCUT2D eigenvalue weighted by Crippen LogP contribution is 2.22. The van der Waals surface area contributed by atoms with E-state index in [0.29, 0.717) is 23.1 Å². The Balaban J connectivity index is 1.33. The number of hydrogen-bond donors (Lipinski definition) is 1. The van der Waals surface area contributed by atoms with E-state index in [1.165, 1.54) is 0 Å². The number of anilines is 1. The molecular weight excluding hydrogens is 380 g/mol. The molecule has 0 radical (unpaired) electrons. The molecule has 2 aromatic carbocycles. The summed E-state index contributed by atoms with van der Waals surface area (Å²) >= 11 is 0. The molecule has 7 heteroatoms. The number of para-hydroxylation sites is 1. The van der Waals surface area contributed by atoms with E-state index in [1.54, 1.807) is 31.5 Å². The fourth-order valence-corrected chi connectivity index (χ4v) is 3.41. The van der Waals surface area contributed by atoms with Gasteiger partial charge in [-0.25, -0.2) is 4.98 Å². The Kier molecular flexibility index (Phi) is 6.08. The number of carbonyl (C=O) groups excluding carboxylic acids is 1.